The number of carbonyl (C=O) groups is 4. The number of unbranched alkanes of at least 4 members (excludes halogenated alkanes) is 43. The summed E-state index contributed by atoms with van der Waals surface area (Å²) < 4.78 is 73.3. The minimum Gasteiger partial charge on any atom is -0.463 e. The first-order valence-corrected chi connectivity index (χ1v) is 47.3. The lowest BCUT2D eigenvalue weighted by Gasteiger charge is -2.50. The first kappa shape index (κ1) is 105. The van der Waals surface area contributed by atoms with Gasteiger partial charge in [0.2, 0.25) is 0 Å². The van der Waals surface area contributed by atoms with E-state index < -0.39 is 162 Å². The van der Waals surface area contributed by atoms with Crippen LogP contribution in [0.25, 0.3) is 0 Å². The summed E-state index contributed by atoms with van der Waals surface area (Å²) >= 11 is 0. The average Bonchev–Trinajstić information content (AvgIpc) is 0.754. The SMILES string of the molecule is CCCCCCCC/C=C\CCCCCC(=O)OCC(COP(=O)(O)OC1C(OC2OC(CO)C(O)C(O)C2O)C(O)C(O)C(OC(=O)CCCCCCCCCCCCCCC)C1OC1OC(COC(=O)CCCCCCCCCCCCCCC)C(O)C(O)C1O)OC(=O)CCCCCCCCC(C)CCCCCCCC. The monoisotopic (exact) mass is 1650 g/mol. The molecule has 1 aliphatic carbocycles. The van der Waals surface area contributed by atoms with Gasteiger partial charge in [-0.1, -0.05) is 323 Å². The Hall–Kier alpha value is -2.79. The molecular weight excluding hydrogens is 1490 g/mol. The Kier molecular flexibility index (Phi) is 61.8. The fourth-order valence-corrected chi connectivity index (χ4v) is 16.2. The van der Waals surface area contributed by atoms with Gasteiger partial charge in [-0.2, -0.15) is 0 Å². The van der Waals surface area contributed by atoms with E-state index in [1.54, 1.807) is 0 Å². The van der Waals surface area contributed by atoms with Crippen molar-refractivity contribution in [2.24, 2.45) is 5.92 Å². The minimum atomic E-state index is -5.81. The average molecular weight is 1650 g/mol. The predicted octanol–water partition coefficient (Wildman–Crippen LogP) is 16.2. The van der Waals surface area contributed by atoms with E-state index >= 15 is 0 Å². The van der Waals surface area contributed by atoms with Crippen LogP contribution in [0.1, 0.15) is 388 Å². The molecule has 3 rings (SSSR count). The highest BCUT2D eigenvalue weighted by atomic mass is 31.2. The van der Waals surface area contributed by atoms with Crippen LogP contribution >= 0.6 is 7.82 Å². The van der Waals surface area contributed by atoms with Crippen LogP contribution < -0.4 is 0 Å². The number of hydrogen-bond donors (Lipinski definition) is 10. The molecule has 0 aromatic rings. The van der Waals surface area contributed by atoms with Crippen molar-refractivity contribution in [3.63, 3.8) is 0 Å². The van der Waals surface area contributed by atoms with E-state index in [1.807, 2.05) is 0 Å². The summed E-state index contributed by atoms with van der Waals surface area (Å²) in [5.74, 6) is -2.31. The lowest BCUT2D eigenvalue weighted by Crippen LogP contribution is -2.70. The molecule has 0 spiro atoms. The van der Waals surface area contributed by atoms with Crippen molar-refractivity contribution in [3.05, 3.63) is 12.2 Å². The Morgan fingerprint density at radius 3 is 1.14 bits per heavy atom. The van der Waals surface area contributed by atoms with Gasteiger partial charge >= 0.3 is 31.7 Å². The van der Waals surface area contributed by atoms with Gasteiger partial charge in [0.1, 0.15) is 92.6 Å². The molecule has 114 heavy (non-hydrogen) atoms. The van der Waals surface area contributed by atoms with Crippen LogP contribution in [0.4, 0.5) is 0 Å². The van der Waals surface area contributed by atoms with E-state index in [0.29, 0.717) is 38.0 Å². The third-order valence-corrected chi connectivity index (χ3v) is 23.7. The van der Waals surface area contributed by atoms with Crippen molar-refractivity contribution in [1.82, 2.24) is 0 Å². The molecule has 26 heteroatoms. The van der Waals surface area contributed by atoms with Gasteiger partial charge < -0.3 is 88.7 Å². The van der Waals surface area contributed by atoms with E-state index in [-0.39, 0.29) is 25.7 Å². The lowest BCUT2D eigenvalue weighted by molar-refractivity contribution is -0.360. The van der Waals surface area contributed by atoms with Crippen LogP contribution in [-0.4, -0.2) is 205 Å². The molecule has 1 saturated carbocycles. The van der Waals surface area contributed by atoms with Crippen molar-refractivity contribution in [1.29, 1.82) is 0 Å². The summed E-state index contributed by atoms with van der Waals surface area (Å²) in [4.78, 5) is 66.4. The number of aliphatic hydroxyl groups excluding tert-OH is 9. The van der Waals surface area contributed by atoms with Gasteiger partial charge in [-0.15, -0.1) is 0 Å². The molecule has 2 saturated heterocycles. The number of aliphatic hydroxyl groups is 9. The molecule has 0 bridgehead atoms. The fraction of sp³-hybridized carbons (Fsp3) is 0.932. The first-order chi connectivity index (χ1) is 55.1. The molecular formula is C88H163O25P. The molecule has 19 unspecified atom stereocenters. The van der Waals surface area contributed by atoms with Crippen molar-refractivity contribution < 1.29 is 122 Å². The summed E-state index contributed by atoms with van der Waals surface area (Å²) in [6.07, 6.45) is 22.4. The zero-order valence-electron chi connectivity index (χ0n) is 71.3. The van der Waals surface area contributed by atoms with Gasteiger partial charge in [-0.3, -0.25) is 28.2 Å². The molecule has 3 aliphatic rings. The van der Waals surface area contributed by atoms with Crippen LogP contribution in [0.15, 0.2) is 12.2 Å². The highest BCUT2D eigenvalue weighted by Gasteiger charge is 2.60. The van der Waals surface area contributed by atoms with E-state index in [0.717, 1.165) is 128 Å². The molecule has 0 amide bonds. The Morgan fingerprint density at radius 2 is 0.711 bits per heavy atom. The maximum absolute atomic E-state index is 14.9. The van der Waals surface area contributed by atoms with Gasteiger partial charge in [0.25, 0.3) is 0 Å². The second-order valence-electron chi connectivity index (χ2n) is 33.1. The van der Waals surface area contributed by atoms with E-state index in [9.17, 15) is 74.6 Å². The second kappa shape index (κ2) is 66.9. The van der Waals surface area contributed by atoms with Gasteiger partial charge in [0, 0.05) is 25.7 Å². The zero-order valence-corrected chi connectivity index (χ0v) is 72.2. The normalized spacial score (nSPS) is 25.7. The van der Waals surface area contributed by atoms with E-state index in [1.165, 1.54) is 167 Å². The topological polar surface area (TPSA) is 380 Å². The van der Waals surface area contributed by atoms with E-state index in [4.69, 9.17) is 46.9 Å². The van der Waals surface area contributed by atoms with E-state index in [2.05, 4.69) is 46.8 Å². The van der Waals surface area contributed by atoms with Gasteiger partial charge in [0.05, 0.1) is 13.2 Å². The lowest BCUT2D eigenvalue weighted by atomic mass is 9.84. The summed E-state index contributed by atoms with van der Waals surface area (Å²) in [6, 6.07) is 0. The van der Waals surface area contributed by atoms with Crippen molar-refractivity contribution >= 4 is 31.7 Å². The molecule has 2 heterocycles. The Morgan fingerprint density at radius 1 is 0.368 bits per heavy atom. The predicted molar refractivity (Wildman–Crippen MR) is 439 cm³/mol. The molecule has 670 valence electrons. The van der Waals surface area contributed by atoms with Gasteiger partial charge in [0.15, 0.2) is 24.8 Å². The third kappa shape index (κ3) is 47.4. The number of ether oxygens (including phenoxy) is 8. The summed E-state index contributed by atoms with van der Waals surface area (Å²) in [5, 5.41) is 102. The van der Waals surface area contributed by atoms with Crippen LogP contribution in [0, 0.1) is 5.92 Å². The Bertz CT molecular complexity index is 2440. The van der Waals surface area contributed by atoms with Crippen LogP contribution in [0.3, 0.4) is 0 Å². The maximum Gasteiger partial charge on any atom is 0.472 e. The molecule has 2 aliphatic heterocycles. The van der Waals surface area contributed by atoms with Gasteiger partial charge in [-0.05, 0) is 57.3 Å². The van der Waals surface area contributed by atoms with Crippen LogP contribution in [0.5, 0.6) is 0 Å². The Labute approximate surface area is 686 Å². The first-order valence-electron chi connectivity index (χ1n) is 45.8. The molecule has 19 atom stereocenters. The quantitative estimate of drug-likeness (QED) is 0.00889. The van der Waals surface area contributed by atoms with Crippen molar-refractivity contribution in [3.8, 4) is 0 Å². The van der Waals surface area contributed by atoms with Crippen LogP contribution in [-0.2, 0) is 70.7 Å². The third-order valence-electron chi connectivity index (χ3n) is 22.7. The Balaban J connectivity index is 1.94. The van der Waals surface area contributed by atoms with Crippen LogP contribution in [0.2, 0.25) is 0 Å². The molecule has 0 aromatic heterocycles. The second-order valence-corrected chi connectivity index (χ2v) is 34.5. The fourth-order valence-electron chi connectivity index (χ4n) is 15.3. The maximum atomic E-state index is 14.9. The van der Waals surface area contributed by atoms with Crippen molar-refractivity contribution in [2.45, 2.75) is 492 Å². The minimum absolute atomic E-state index is 0.0156. The number of esters is 4. The summed E-state index contributed by atoms with van der Waals surface area (Å²) in [5.41, 5.74) is 0. The number of carbonyl (C=O) groups excluding carboxylic acids is 4. The zero-order chi connectivity index (χ0) is 83.4. The molecule has 3 fully saturated rings. The van der Waals surface area contributed by atoms with Crippen molar-refractivity contribution in [2.75, 3.05) is 26.4 Å². The number of hydrogen-bond acceptors (Lipinski definition) is 24. The highest BCUT2D eigenvalue weighted by Crippen LogP contribution is 2.49. The highest BCUT2D eigenvalue weighted by molar-refractivity contribution is 7.47. The molecule has 10 N–H and O–H groups in total. The number of allylic oxidation sites excluding steroid dienone is 2. The smallest absolute Gasteiger partial charge is 0.463 e. The largest absolute Gasteiger partial charge is 0.472 e. The molecule has 0 radical (unpaired) electrons. The number of phosphoric ester groups is 1. The molecule has 25 nitrogen and oxygen atoms in total. The van der Waals surface area contributed by atoms with Gasteiger partial charge in [-0.25, -0.2) is 4.57 Å². The summed E-state index contributed by atoms with van der Waals surface area (Å²) in [7, 11) is -5.81. The standard InChI is InChI=1S/C88H163O25P/c1-6-10-14-18-22-25-28-31-34-37-40-47-53-59-71(90)104-64-68(107-73(92)61-55-50-44-43-46-52-58-67(5)57-51-45-21-17-13-9-4)65-106-114(102,103)113-86-84(111-87-81(100)77(96)75(94)69(63-89)108-87)80(99)79(98)83(110-74(93)62-56-49-42-39-36-33-30-27-24-20-16-12-8-3)85(86)112-88-82(101)78(97)76(95)70(109-88)66-105-72(91)60-54-48-41-38-35-32-29-26-23-19-15-11-7-2/h31,34,67-70,75-89,94-101H,6-30,32-33,35-66H2,1-5H3,(H,102,103)/b34-31-. The number of phosphoric acid groups is 1. The summed E-state index contributed by atoms with van der Waals surface area (Å²) in [6.45, 7) is 7.88. The number of rotatable bonds is 73. The molecule has 0 aromatic carbocycles.